The first kappa shape index (κ1) is 14.6. The predicted molar refractivity (Wildman–Crippen MR) is 81.0 cm³/mol. The summed E-state index contributed by atoms with van der Waals surface area (Å²) in [5, 5.41) is 14.2. The molecule has 0 fully saturated rings. The van der Waals surface area contributed by atoms with Gasteiger partial charge in [0.05, 0.1) is 28.3 Å². The van der Waals surface area contributed by atoms with Crippen LogP contribution in [-0.2, 0) is 0 Å². The van der Waals surface area contributed by atoms with E-state index in [0.29, 0.717) is 30.0 Å². The van der Waals surface area contributed by atoms with Crippen molar-refractivity contribution in [1.82, 2.24) is 0 Å². The van der Waals surface area contributed by atoms with E-state index in [1.165, 1.54) is 24.3 Å². The minimum atomic E-state index is -0.505. The first-order valence-electron chi connectivity index (χ1n) is 6.67. The zero-order chi connectivity index (χ0) is 15.7. The minimum Gasteiger partial charge on any atom is -0.493 e. The highest BCUT2D eigenvalue weighted by molar-refractivity contribution is 6.33. The van der Waals surface area contributed by atoms with Gasteiger partial charge in [-0.2, -0.15) is 0 Å². The molecule has 114 valence electrons. The summed E-state index contributed by atoms with van der Waals surface area (Å²) >= 11 is 6.08. The normalized spacial score (nSPS) is 16.5. The van der Waals surface area contributed by atoms with E-state index in [9.17, 15) is 14.5 Å². The lowest BCUT2D eigenvalue weighted by Crippen LogP contribution is -2.20. The van der Waals surface area contributed by atoms with Crippen molar-refractivity contribution in [2.24, 2.45) is 0 Å². The monoisotopic (exact) mass is 322 g/mol. The van der Waals surface area contributed by atoms with Crippen LogP contribution in [0.15, 0.2) is 36.4 Å². The fourth-order valence-electron chi connectivity index (χ4n) is 2.44. The average Bonchev–Trinajstić information content (AvgIpc) is 2.49. The van der Waals surface area contributed by atoms with Crippen molar-refractivity contribution in [3.8, 4) is 5.75 Å². The van der Waals surface area contributed by atoms with Crippen LogP contribution >= 0.6 is 11.6 Å². The summed E-state index contributed by atoms with van der Waals surface area (Å²) in [6.07, 6.45) is 0.643. The first-order chi connectivity index (χ1) is 10.5. The SMILES string of the molecule is O=[N+]([O-])c1ccc(NC2CCOc3ccc(F)cc32)c(Cl)c1. The maximum atomic E-state index is 13.4. The molecule has 2 aromatic carbocycles. The van der Waals surface area contributed by atoms with Gasteiger partial charge < -0.3 is 10.1 Å². The predicted octanol–water partition coefficient (Wildman–Crippen LogP) is 4.32. The van der Waals surface area contributed by atoms with Gasteiger partial charge in [0.25, 0.3) is 5.69 Å². The Morgan fingerprint density at radius 2 is 2.14 bits per heavy atom. The van der Waals surface area contributed by atoms with Crippen LogP contribution in [0.25, 0.3) is 0 Å². The number of ether oxygens (including phenoxy) is 1. The lowest BCUT2D eigenvalue weighted by atomic mass is 10.00. The number of halogens is 2. The molecule has 0 bridgehead atoms. The number of non-ortho nitro benzene ring substituents is 1. The highest BCUT2D eigenvalue weighted by Gasteiger charge is 2.23. The van der Waals surface area contributed by atoms with Gasteiger partial charge in [-0.15, -0.1) is 0 Å². The molecule has 7 heteroatoms. The number of benzene rings is 2. The molecule has 0 saturated carbocycles. The van der Waals surface area contributed by atoms with Crippen LogP contribution in [0.5, 0.6) is 5.75 Å². The van der Waals surface area contributed by atoms with Gasteiger partial charge in [0.2, 0.25) is 0 Å². The molecule has 2 aromatic rings. The Labute approximate surface area is 130 Å². The Hall–Kier alpha value is -2.34. The van der Waals surface area contributed by atoms with E-state index < -0.39 is 4.92 Å². The zero-order valence-corrected chi connectivity index (χ0v) is 12.1. The summed E-state index contributed by atoms with van der Waals surface area (Å²) < 4.78 is 18.9. The molecule has 1 heterocycles. The molecule has 5 nitrogen and oxygen atoms in total. The van der Waals surface area contributed by atoms with Crippen molar-refractivity contribution in [2.75, 3.05) is 11.9 Å². The van der Waals surface area contributed by atoms with Gasteiger partial charge in [0, 0.05) is 24.1 Å². The van der Waals surface area contributed by atoms with Gasteiger partial charge >= 0.3 is 0 Å². The Morgan fingerprint density at radius 3 is 2.86 bits per heavy atom. The van der Waals surface area contributed by atoms with Gasteiger partial charge in [0.1, 0.15) is 11.6 Å². The van der Waals surface area contributed by atoms with Gasteiger partial charge in [-0.05, 0) is 24.3 Å². The summed E-state index contributed by atoms with van der Waals surface area (Å²) in [5.41, 5.74) is 1.20. The van der Waals surface area contributed by atoms with Gasteiger partial charge in [0.15, 0.2) is 0 Å². The maximum absolute atomic E-state index is 13.4. The summed E-state index contributed by atoms with van der Waals surface area (Å²) in [5.74, 6) is 0.286. The number of hydrogen-bond donors (Lipinski definition) is 1. The van der Waals surface area contributed by atoms with Crippen molar-refractivity contribution in [1.29, 1.82) is 0 Å². The van der Waals surface area contributed by atoms with Crippen LogP contribution in [0, 0.1) is 15.9 Å². The summed E-state index contributed by atoms with van der Waals surface area (Å²) in [6.45, 7) is 0.501. The molecule has 22 heavy (non-hydrogen) atoms. The molecule has 1 N–H and O–H groups in total. The van der Waals surface area contributed by atoms with E-state index in [1.807, 2.05) is 0 Å². The smallest absolute Gasteiger partial charge is 0.271 e. The second-order valence-corrected chi connectivity index (χ2v) is 5.34. The van der Waals surface area contributed by atoms with E-state index in [1.54, 1.807) is 12.1 Å². The van der Waals surface area contributed by atoms with Crippen LogP contribution < -0.4 is 10.1 Å². The van der Waals surface area contributed by atoms with Crippen LogP contribution in [0.1, 0.15) is 18.0 Å². The zero-order valence-electron chi connectivity index (χ0n) is 11.4. The van der Waals surface area contributed by atoms with Crippen molar-refractivity contribution >= 4 is 23.0 Å². The Bertz CT molecular complexity index is 739. The number of nitrogens with zero attached hydrogens (tertiary/aromatic N) is 1. The molecule has 1 atom stereocenters. The fraction of sp³-hybridized carbons (Fsp3) is 0.200. The number of hydrogen-bond acceptors (Lipinski definition) is 4. The average molecular weight is 323 g/mol. The Morgan fingerprint density at radius 1 is 1.32 bits per heavy atom. The van der Waals surface area contributed by atoms with Gasteiger partial charge in [-0.25, -0.2) is 4.39 Å². The molecule has 3 rings (SSSR count). The number of fused-ring (bicyclic) bond motifs is 1. The third kappa shape index (κ3) is 2.82. The van der Waals surface area contributed by atoms with E-state index in [4.69, 9.17) is 16.3 Å². The second kappa shape index (κ2) is 5.81. The lowest BCUT2D eigenvalue weighted by Gasteiger charge is -2.27. The summed E-state index contributed by atoms with van der Waals surface area (Å²) in [6, 6.07) is 8.41. The molecule has 1 aliphatic rings. The molecular formula is C15H12ClFN2O3. The Balaban J connectivity index is 1.89. The van der Waals surface area contributed by atoms with Crippen LogP contribution in [0.2, 0.25) is 5.02 Å². The second-order valence-electron chi connectivity index (χ2n) is 4.94. The maximum Gasteiger partial charge on any atom is 0.271 e. The van der Waals surface area contributed by atoms with Crippen molar-refractivity contribution in [3.05, 3.63) is 62.9 Å². The molecule has 0 aliphatic carbocycles. The summed E-state index contributed by atoms with van der Waals surface area (Å²) in [4.78, 5) is 10.2. The molecule has 0 saturated heterocycles. The molecule has 0 amide bonds. The van der Waals surface area contributed by atoms with Crippen molar-refractivity contribution in [2.45, 2.75) is 12.5 Å². The molecule has 0 radical (unpaired) electrons. The third-order valence-electron chi connectivity index (χ3n) is 3.50. The van der Waals surface area contributed by atoms with Gasteiger partial charge in [-0.3, -0.25) is 10.1 Å². The van der Waals surface area contributed by atoms with Crippen LogP contribution in [0.4, 0.5) is 15.8 Å². The standard InChI is InChI=1S/C15H12ClFN2O3/c16-12-8-10(19(20)21)2-3-14(12)18-13-5-6-22-15-4-1-9(17)7-11(13)15/h1-4,7-8,13,18H,5-6H2. The van der Waals surface area contributed by atoms with Crippen LogP contribution in [0.3, 0.4) is 0 Å². The van der Waals surface area contributed by atoms with E-state index in [0.717, 1.165) is 0 Å². The third-order valence-corrected chi connectivity index (χ3v) is 3.82. The number of rotatable bonds is 3. The van der Waals surface area contributed by atoms with E-state index >= 15 is 0 Å². The lowest BCUT2D eigenvalue weighted by molar-refractivity contribution is -0.384. The Kier molecular flexibility index (Phi) is 3.85. The molecule has 0 spiro atoms. The first-order valence-corrected chi connectivity index (χ1v) is 7.05. The molecular weight excluding hydrogens is 311 g/mol. The number of nitrogens with one attached hydrogen (secondary N) is 1. The number of nitro benzene ring substituents is 1. The molecule has 1 aliphatic heterocycles. The largest absolute Gasteiger partial charge is 0.493 e. The molecule has 1 unspecified atom stereocenters. The number of anilines is 1. The minimum absolute atomic E-state index is 0.0750. The summed E-state index contributed by atoms with van der Waals surface area (Å²) in [7, 11) is 0. The van der Waals surface area contributed by atoms with E-state index in [2.05, 4.69) is 5.32 Å². The van der Waals surface area contributed by atoms with Crippen LogP contribution in [-0.4, -0.2) is 11.5 Å². The topological polar surface area (TPSA) is 64.4 Å². The highest BCUT2D eigenvalue weighted by Crippen LogP contribution is 2.37. The highest BCUT2D eigenvalue weighted by atomic mass is 35.5. The fourth-order valence-corrected chi connectivity index (χ4v) is 2.67. The van der Waals surface area contributed by atoms with E-state index in [-0.39, 0.29) is 22.6 Å². The van der Waals surface area contributed by atoms with Crippen molar-refractivity contribution < 1.29 is 14.1 Å². The quantitative estimate of drug-likeness (QED) is 0.675. The van der Waals surface area contributed by atoms with Crippen molar-refractivity contribution in [3.63, 3.8) is 0 Å². The van der Waals surface area contributed by atoms with Gasteiger partial charge in [-0.1, -0.05) is 11.6 Å². The number of nitro groups is 1. The molecule has 0 aromatic heterocycles.